The second-order valence-electron chi connectivity index (χ2n) is 6.38. The van der Waals surface area contributed by atoms with Gasteiger partial charge in [-0.05, 0) is 18.9 Å². The van der Waals surface area contributed by atoms with Gasteiger partial charge in [0.1, 0.15) is 6.04 Å². The largest absolute Gasteiger partial charge is 0.344 e. The fourth-order valence-corrected chi connectivity index (χ4v) is 2.63. The molecule has 3 amide bonds. The molecule has 0 fully saturated rings. The van der Waals surface area contributed by atoms with E-state index in [1.54, 1.807) is 45.0 Å². The fraction of sp³-hybridized carbons (Fsp3) is 0.389. The van der Waals surface area contributed by atoms with E-state index in [1.807, 2.05) is 0 Å². The van der Waals surface area contributed by atoms with Crippen molar-refractivity contribution in [1.82, 2.24) is 25.9 Å². The van der Waals surface area contributed by atoms with Crippen LogP contribution in [0, 0.1) is 5.92 Å². The van der Waals surface area contributed by atoms with Gasteiger partial charge in [-0.3, -0.25) is 30.0 Å². The lowest BCUT2D eigenvalue weighted by atomic mass is 10.0. The predicted octanol–water partition coefficient (Wildman–Crippen LogP) is 0.338. The monoisotopic (exact) mass is 373 g/mol. The summed E-state index contributed by atoms with van der Waals surface area (Å²) >= 11 is 0. The molecule has 0 aliphatic rings. The molecule has 144 valence electrons. The molecule has 0 radical (unpaired) electrons. The van der Waals surface area contributed by atoms with Gasteiger partial charge in [-0.2, -0.15) is 5.10 Å². The Balaban J connectivity index is 2.26. The third-order valence-corrected chi connectivity index (χ3v) is 3.99. The van der Waals surface area contributed by atoms with Crippen LogP contribution in [0.5, 0.6) is 0 Å². The number of hydrazine groups is 1. The standard InChI is InChI=1S/C18H23N5O4/c1-5-23-18(27)13-9-7-6-8-12(13)15(22-23)17(26)21-20-16(25)14(10(2)3)19-11(4)24/h6-10,14H,5H2,1-4H3,(H,19,24)(H,20,25)(H,21,26). The highest BCUT2D eigenvalue weighted by Crippen LogP contribution is 2.13. The Bertz CT molecular complexity index is 935. The van der Waals surface area contributed by atoms with E-state index < -0.39 is 17.9 Å². The number of aryl methyl sites for hydroxylation is 1. The molecule has 1 aromatic heterocycles. The highest BCUT2D eigenvalue weighted by molar-refractivity contribution is 6.05. The minimum atomic E-state index is -0.794. The summed E-state index contributed by atoms with van der Waals surface area (Å²) in [6.07, 6.45) is 0. The second kappa shape index (κ2) is 8.43. The zero-order valence-electron chi connectivity index (χ0n) is 15.7. The molecule has 3 N–H and O–H groups in total. The molecule has 27 heavy (non-hydrogen) atoms. The van der Waals surface area contributed by atoms with Crippen molar-refractivity contribution in [2.75, 3.05) is 0 Å². The van der Waals surface area contributed by atoms with E-state index in [1.165, 1.54) is 11.6 Å². The number of aromatic nitrogens is 2. The first kappa shape index (κ1) is 20.1. The van der Waals surface area contributed by atoms with Gasteiger partial charge in [0, 0.05) is 18.9 Å². The number of hydrogen-bond donors (Lipinski definition) is 3. The predicted molar refractivity (Wildman–Crippen MR) is 99.7 cm³/mol. The summed E-state index contributed by atoms with van der Waals surface area (Å²) in [7, 11) is 0. The van der Waals surface area contributed by atoms with Crippen molar-refractivity contribution in [3.8, 4) is 0 Å². The number of amides is 3. The quantitative estimate of drug-likeness (QED) is 0.652. The van der Waals surface area contributed by atoms with Crippen LogP contribution in [0.2, 0.25) is 0 Å². The molecule has 0 aliphatic carbocycles. The number of rotatable bonds is 5. The molecule has 1 heterocycles. The van der Waals surface area contributed by atoms with Gasteiger partial charge in [0.25, 0.3) is 17.4 Å². The molecule has 1 aromatic carbocycles. The molecule has 1 atom stereocenters. The Kier molecular flexibility index (Phi) is 6.27. The van der Waals surface area contributed by atoms with Gasteiger partial charge in [-0.25, -0.2) is 4.68 Å². The van der Waals surface area contributed by atoms with Gasteiger partial charge in [0.2, 0.25) is 5.91 Å². The Hall–Kier alpha value is -3.23. The number of carbonyl (C=O) groups is 3. The summed E-state index contributed by atoms with van der Waals surface area (Å²) < 4.78 is 1.19. The van der Waals surface area contributed by atoms with Crippen LogP contribution in [-0.4, -0.2) is 33.5 Å². The van der Waals surface area contributed by atoms with Crippen LogP contribution in [0.25, 0.3) is 10.8 Å². The second-order valence-corrected chi connectivity index (χ2v) is 6.38. The van der Waals surface area contributed by atoms with Gasteiger partial charge in [-0.1, -0.05) is 32.0 Å². The van der Waals surface area contributed by atoms with Crippen LogP contribution < -0.4 is 21.7 Å². The molecular formula is C18H23N5O4. The lowest BCUT2D eigenvalue weighted by Gasteiger charge is -2.21. The molecule has 0 saturated carbocycles. The lowest BCUT2D eigenvalue weighted by Crippen LogP contribution is -2.54. The number of nitrogens with zero attached hydrogens (tertiary/aromatic N) is 2. The van der Waals surface area contributed by atoms with Crippen LogP contribution in [-0.2, 0) is 16.1 Å². The molecule has 9 nitrogen and oxygen atoms in total. The number of hydrogen-bond acceptors (Lipinski definition) is 5. The minimum Gasteiger partial charge on any atom is -0.344 e. The zero-order valence-corrected chi connectivity index (χ0v) is 15.7. The molecule has 0 bridgehead atoms. The molecule has 0 aliphatic heterocycles. The summed E-state index contributed by atoms with van der Waals surface area (Å²) in [6.45, 7) is 6.90. The molecular weight excluding hydrogens is 350 g/mol. The highest BCUT2D eigenvalue weighted by Gasteiger charge is 2.24. The summed E-state index contributed by atoms with van der Waals surface area (Å²) in [5.74, 6) is -1.74. The topological polar surface area (TPSA) is 122 Å². The van der Waals surface area contributed by atoms with Crippen molar-refractivity contribution in [3.63, 3.8) is 0 Å². The van der Waals surface area contributed by atoms with E-state index in [0.29, 0.717) is 17.3 Å². The molecule has 1 unspecified atom stereocenters. The molecule has 2 rings (SSSR count). The summed E-state index contributed by atoms with van der Waals surface area (Å²) in [5, 5.41) is 7.39. The Morgan fingerprint density at radius 1 is 1.11 bits per heavy atom. The van der Waals surface area contributed by atoms with Crippen molar-refractivity contribution < 1.29 is 14.4 Å². The van der Waals surface area contributed by atoms with Crippen molar-refractivity contribution in [2.45, 2.75) is 40.3 Å². The van der Waals surface area contributed by atoms with E-state index in [-0.39, 0.29) is 23.1 Å². The highest BCUT2D eigenvalue weighted by atomic mass is 16.2. The molecule has 9 heteroatoms. The van der Waals surface area contributed by atoms with Crippen molar-refractivity contribution >= 4 is 28.5 Å². The Labute approximate surface area is 156 Å². The van der Waals surface area contributed by atoms with Crippen LogP contribution in [0.3, 0.4) is 0 Å². The first-order valence-electron chi connectivity index (χ1n) is 8.63. The maximum absolute atomic E-state index is 12.6. The van der Waals surface area contributed by atoms with E-state index in [2.05, 4.69) is 21.3 Å². The summed E-state index contributed by atoms with van der Waals surface area (Å²) in [5.41, 5.74) is 4.34. The number of fused-ring (bicyclic) bond motifs is 1. The minimum absolute atomic E-state index is 0.0213. The van der Waals surface area contributed by atoms with E-state index in [0.717, 1.165) is 0 Å². The normalized spacial score (nSPS) is 11.9. The molecule has 2 aromatic rings. The van der Waals surface area contributed by atoms with Crippen molar-refractivity contribution in [2.24, 2.45) is 5.92 Å². The number of carbonyl (C=O) groups excluding carboxylic acids is 3. The van der Waals surface area contributed by atoms with E-state index in [4.69, 9.17) is 0 Å². The van der Waals surface area contributed by atoms with Gasteiger partial charge in [-0.15, -0.1) is 0 Å². The SMILES string of the molecule is CCn1nc(C(=O)NNC(=O)C(NC(C)=O)C(C)C)c2ccccc2c1=O. The molecule has 0 spiro atoms. The third-order valence-electron chi connectivity index (χ3n) is 3.99. The first-order chi connectivity index (χ1) is 12.8. The maximum Gasteiger partial charge on any atom is 0.290 e. The number of nitrogens with one attached hydrogen (secondary N) is 3. The number of benzene rings is 1. The fourth-order valence-electron chi connectivity index (χ4n) is 2.63. The van der Waals surface area contributed by atoms with Crippen LogP contribution in [0.4, 0.5) is 0 Å². The smallest absolute Gasteiger partial charge is 0.290 e. The maximum atomic E-state index is 12.6. The first-order valence-corrected chi connectivity index (χ1v) is 8.63. The van der Waals surface area contributed by atoms with Gasteiger partial charge in [0.05, 0.1) is 5.39 Å². The van der Waals surface area contributed by atoms with Crippen molar-refractivity contribution in [3.05, 3.63) is 40.3 Å². The van der Waals surface area contributed by atoms with Crippen LogP contribution in [0.1, 0.15) is 38.2 Å². The zero-order chi connectivity index (χ0) is 20.1. The third kappa shape index (κ3) is 4.49. The van der Waals surface area contributed by atoms with Gasteiger partial charge in [0.15, 0.2) is 5.69 Å². The van der Waals surface area contributed by atoms with Gasteiger partial charge >= 0.3 is 0 Å². The van der Waals surface area contributed by atoms with Crippen molar-refractivity contribution in [1.29, 1.82) is 0 Å². The van der Waals surface area contributed by atoms with E-state index in [9.17, 15) is 19.2 Å². The van der Waals surface area contributed by atoms with Crippen LogP contribution >= 0.6 is 0 Å². The summed E-state index contributed by atoms with van der Waals surface area (Å²) in [4.78, 5) is 48.4. The summed E-state index contributed by atoms with van der Waals surface area (Å²) in [6, 6.07) is 5.84. The van der Waals surface area contributed by atoms with Crippen LogP contribution in [0.15, 0.2) is 29.1 Å². The Morgan fingerprint density at radius 3 is 2.30 bits per heavy atom. The molecule has 0 saturated heterocycles. The Morgan fingerprint density at radius 2 is 1.74 bits per heavy atom. The van der Waals surface area contributed by atoms with E-state index >= 15 is 0 Å². The van der Waals surface area contributed by atoms with Gasteiger partial charge < -0.3 is 5.32 Å². The average Bonchev–Trinajstić information content (AvgIpc) is 2.64. The average molecular weight is 373 g/mol. The lowest BCUT2D eigenvalue weighted by molar-refractivity contribution is -0.129.